The van der Waals surface area contributed by atoms with Crippen molar-refractivity contribution in [3.05, 3.63) is 0 Å². The van der Waals surface area contributed by atoms with Crippen LogP contribution < -0.4 is 0 Å². The molecule has 5 nitrogen and oxygen atoms in total. The third-order valence-electron chi connectivity index (χ3n) is 3.04. The molecule has 0 radical (unpaired) electrons. The Balaban J connectivity index is 2.68. The lowest BCUT2D eigenvalue weighted by atomic mass is 9.88. The van der Waals surface area contributed by atoms with Crippen molar-refractivity contribution >= 4 is 23.6 Å². The van der Waals surface area contributed by atoms with Gasteiger partial charge >= 0.3 is 5.97 Å². The van der Waals surface area contributed by atoms with E-state index in [1.165, 1.54) is 16.7 Å². The molecule has 1 rings (SSSR count). The van der Waals surface area contributed by atoms with Crippen LogP contribution in [0.4, 0.5) is 0 Å². The predicted molar refractivity (Wildman–Crippen MR) is 64.5 cm³/mol. The van der Waals surface area contributed by atoms with Crippen LogP contribution in [0.3, 0.4) is 0 Å². The van der Waals surface area contributed by atoms with E-state index in [0.29, 0.717) is 13.0 Å². The molecule has 17 heavy (non-hydrogen) atoms. The average Bonchev–Trinajstić information content (AvgIpc) is 2.29. The number of hydrogen-bond donors (Lipinski definition) is 1. The fourth-order valence-electron chi connectivity index (χ4n) is 2.01. The maximum absolute atomic E-state index is 11.9. The molecule has 0 spiro atoms. The summed E-state index contributed by atoms with van der Waals surface area (Å²) in [6, 6.07) is 1.95. The topological polar surface area (TPSA) is 81.4 Å². The highest BCUT2D eigenvalue weighted by atomic mass is 32.2. The number of thioether (sulfide) groups is 1. The SMILES string of the molecule is CC1(C(=O)O)CCCCN1C(=O)CSCC#N. The molecular formula is C11H16N2O3S. The number of hydrogen-bond acceptors (Lipinski definition) is 4. The molecule has 1 aliphatic rings. The molecule has 0 aromatic heterocycles. The van der Waals surface area contributed by atoms with Crippen LogP contribution in [0.5, 0.6) is 0 Å². The number of carbonyl (C=O) groups excluding carboxylic acids is 1. The molecule has 94 valence electrons. The zero-order valence-electron chi connectivity index (χ0n) is 9.81. The summed E-state index contributed by atoms with van der Waals surface area (Å²) in [6.07, 6.45) is 2.17. The first-order valence-corrected chi connectivity index (χ1v) is 6.66. The van der Waals surface area contributed by atoms with Crippen LogP contribution in [0.25, 0.3) is 0 Å². The van der Waals surface area contributed by atoms with E-state index < -0.39 is 11.5 Å². The summed E-state index contributed by atoms with van der Waals surface area (Å²) >= 11 is 1.22. The molecule has 0 aromatic rings. The van der Waals surface area contributed by atoms with Crippen molar-refractivity contribution in [1.29, 1.82) is 5.26 Å². The molecule has 0 bridgehead atoms. The lowest BCUT2D eigenvalue weighted by Gasteiger charge is -2.41. The molecule has 0 saturated carbocycles. The fraction of sp³-hybridized carbons (Fsp3) is 0.727. The van der Waals surface area contributed by atoms with Crippen molar-refractivity contribution in [3.8, 4) is 6.07 Å². The maximum atomic E-state index is 11.9. The van der Waals surface area contributed by atoms with Gasteiger partial charge in [0.25, 0.3) is 0 Å². The number of amides is 1. The number of likely N-dealkylation sites (tertiary alicyclic amines) is 1. The largest absolute Gasteiger partial charge is 0.480 e. The molecular weight excluding hydrogens is 240 g/mol. The third-order valence-corrected chi connectivity index (χ3v) is 3.83. The van der Waals surface area contributed by atoms with Gasteiger partial charge in [0.2, 0.25) is 5.91 Å². The van der Waals surface area contributed by atoms with E-state index in [1.54, 1.807) is 6.92 Å². The van der Waals surface area contributed by atoms with Gasteiger partial charge in [-0.15, -0.1) is 11.8 Å². The van der Waals surface area contributed by atoms with E-state index in [1.807, 2.05) is 6.07 Å². The van der Waals surface area contributed by atoms with Crippen LogP contribution in [-0.4, -0.2) is 45.5 Å². The van der Waals surface area contributed by atoms with Crippen molar-refractivity contribution in [2.75, 3.05) is 18.1 Å². The van der Waals surface area contributed by atoms with Crippen LogP contribution in [-0.2, 0) is 9.59 Å². The quantitative estimate of drug-likeness (QED) is 0.762. The molecule has 1 heterocycles. The van der Waals surface area contributed by atoms with Crippen molar-refractivity contribution < 1.29 is 14.7 Å². The van der Waals surface area contributed by atoms with E-state index in [4.69, 9.17) is 5.26 Å². The van der Waals surface area contributed by atoms with Crippen LogP contribution in [0.1, 0.15) is 26.2 Å². The number of nitriles is 1. The molecule has 1 aliphatic heterocycles. The first-order chi connectivity index (χ1) is 8.02. The minimum atomic E-state index is -1.08. The van der Waals surface area contributed by atoms with E-state index >= 15 is 0 Å². The molecule has 1 amide bonds. The Morgan fingerprint density at radius 3 is 2.82 bits per heavy atom. The molecule has 1 saturated heterocycles. The zero-order chi connectivity index (χ0) is 12.9. The Kier molecular flexibility index (Phi) is 4.82. The van der Waals surface area contributed by atoms with Gasteiger partial charge in [0, 0.05) is 6.54 Å². The van der Waals surface area contributed by atoms with Gasteiger partial charge in [-0.2, -0.15) is 5.26 Å². The normalized spacial score (nSPS) is 24.1. The van der Waals surface area contributed by atoms with Gasteiger partial charge < -0.3 is 10.0 Å². The number of aliphatic carboxylic acids is 1. The summed E-state index contributed by atoms with van der Waals surface area (Å²) in [4.78, 5) is 24.6. The van der Waals surface area contributed by atoms with Gasteiger partial charge in [-0.25, -0.2) is 4.79 Å². The highest BCUT2D eigenvalue weighted by Gasteiger charge is 2.43. The minimum Gasteiger partial charge on any atom is -0.480 e. The molecule has 0 aliphatic carbocycles. The minimum absolute atomic E-state index is 0.177. The van der Waals surface area contributed by atoms with Crippen LogP contribution in [0.15, 0.2) is 0 Å². The molecule has 6 heteroatoms. The Morgan fingerprint density at radius 1 is 1.53 bits per heavy atom. The Hall–Kier alpha value is -1.22. The van der Waals surface area contributed by atoms with Gasteiger partial charge in [-0.05, 0) is 26.2 Å². The lowest BCUT2D eigenvalue weighted by Crippen LogP contribution is -2.58. The Labute approximate surface area is 105 Å². The standard InChI is InChI=1S/C11H16N2O3S/c1-11(10(15)16)4-2-3-6-13(11)9(14)8-17-7-5-12/h2-4,6-8H2,1H3,(H,15,16). The first kappa shape index (κ1) is 13.8. The van der Waals surface area contributed by atoms with Crippen LogP contribution >= 0.6 is 11.8 Å². The number of piperidine rings is 1. The van der Waals surface area contributed by atoms with Gasteiger partial charge in [0.05, 0.1) is 17.6 Å². The summed E-state index contributed by atoms with van der Waals surface area (Å²) in [7, 11) is 0. The number of nitrogens with zero attached hydrogens (tertiary/aromatic N) is 2. The van der Waals surface area contributed by atoms with E-state index in [0.717, 1.165) is 12.8 Å². The number of rotatable bonds is 4. The van der Waals surface area contributed by atoms with Gasteiger partial charge in [-0.1, -0.05) is 0 Å². The molecule has 1 fully saturated rings. The van der Waals surface area contributed by atoms with Crippen molar-refractivity contribution in [3.63, 3.8) is 0 Å². The van der Waals surface area contributed by atoms with E-state index in [-0.39, 0.29) is 17.4 Å². The number of carboxylic acid groups (broad SMARTS) is 1. The predicted octanol–water partition coefficient (Wildman–Crippen LogP) is 1.10. The summed E-state index contributed by atoms with van der Waals surface area (Å²) in [5.74, 6) is -0.703. The molecule has 0 aromatic carbocycles. The zero-order valence-corrected chi connectivity index (χ0v) is 10.6. The van der Waals surface area contributed by atoms with Gasteiger partial charge in [-0.3, -0.25) is 4.79 Å². The second-order valence-electron chi connectivity index (χ2n) is 4.23. The third kappa shape index (κ3) is 3.13. The van der Waals surface area contributed by atoms with Crippen LogP contribution in [0.2, 0.25) is 0 Å². The highest BCUT2D eigenvalue weighted by molar-refractivity contribution is 8.00. The average molecular weight is 256 g/mol. The van der Waals surface area contributed by atoms with Crippen molar-refractivity contribution in [1.82, 2.24) is 4.90 Å². The summed E-state index contributed by atoms with van der Waals surface area (Å²) in [5, 5.41) is 17.6. The smallest absolute Gasteiger partial charge is 0.329 e. The van der Waals surface area contributed by atoms with Gasteiger partial charge in [0.15, 0.2) is 0 Å². The van der Waals surface area contributed by atoms with Gasteiger partial charge in [0.1, 0.15) is 5.54 Å². The Morgan fingerprint density at radius 2 is 2.24 bits per heavy atom. The van der Waals surface area contributed by atoms with Crippen molar-refractivity contribution in [2.45, 2.75) is 31.7 Å². The fourth-order valence-corrected chi connectivity index (χ4v) is 2.53. The highest BCUT2D eigenvalue weighted by Crippen LogP contribution is 2.28. The summed E-state index contributed by atoms with van der Waals surface area (Å²) in [6.45, 7) is 2.09. The number of carbonyl (C=O) groups is 2. The lowest BCUT2D eigenvalue weighted by molar-refractivity contribution is -0.159. The molecule has 1 unspecified atom stereocenters. The second-order valence-corrected chi connectivity index (χ2v) is 5.22. The van der Waals surface area contributed by atoms with E-state index in [9.17, 15) is 14.7 Å². The van der Waals surface area contributed by atoms with Crippen molar-refractivity contribution in [2.24, 2.45) is 0 Å². The molecule has 1 N–H and O–H groups in total. The monoisotopic (exact) mass is 256 g/mol. The molecule has 1 atom stereocenters. The van der Waals surface area contributed by atoms with Crippen LogP contribution in [0, 0.1) is 11.3 Å². The van der Waals surface area contributed by atoms with E-state index in [2.05, 4.69) is 0 Å². The Bertz CT molecular complexity index is 353. The first-order valence-electron chi connectivity index (χ1n) is 5.51. The summed E-state index contributed by atoms with van der Waals surface area (Å²) in [5.41, 5.74) is -1.08. The number of carboxylic acids is 1. The maximum Gasteiger partial charge on any atom is 0.329 e. The summed E-state index contributed by atoms with van der Waals surface area (Å²) < 4.78 is 0. The second kappa shape index (κ2) is 5.92.